The van der Waals surface area contributed by atoms with Crippen LogP contribution in [0.25, 0.3) is 0 Å². The molecule has 0 radical (unpaired) electrons. The van der Waals surface area contributed by atoms with Crippen LogP contribution in [-0.4, -0.2) is 5.78 Å². The smallest absolute Gasteiger partial charge is 0.135 e. The molecule has 0 aliphatic heterocycles. The van der Waals surface area contributed by atoms with Gasteiger partial charge in [0.05, 0.1) is 0 Å². The van der Waals surface area contributed by atoms with E-state index in [1.165, 1.54) is 12.8 Å². The van der Waals surface area contributed by atoms with Gasteiger partial charge in [0.2, 0.25) is 0 Å². The van der Waals surface area contributed by atoms with Crippen LogP contribution in [0, 0.1) is 34.5 Å². The molecular weight excluding hydrogens is 196 g/mol. The molecule has 0 saturated heterocycles. The van der Waals surface area contributed by atoms with Crippen LogP contribution in [0.3, 0.4) is 0 Å². The van der Waals surface area contributed by atoms with Crippen molar-refractivity contribution in [3.8, 4) is 0 Å². The van der Waals surface area contributed by atoms with E-state index in [2.05, 4.69) is 13.8 Å². The molecule has 0 aromatic heterocycles. The molecule has 1 heteroatoms. The molecule has 0 N–H and O–H groups in total. The standard InChI is InChI=1S/C15H24O/c1-9(2)13(16)5-6-14(3)10-7-11-12(8-10)15(11,14)4/h9-12H,5-8H2,1-4H3/t10?,11-,12+,14-,15?/m1/s1. The maximum absolute atomic E-state index is 11.8. The Kier molecular flexibility index (Phi) is 1.97. The topological polar surface area (TPSA) is 17.1 Å². The fourth-order valence-corrected chi connectivity index (χ4v) is 5.18. The number of hydrogen-bond acceptors (Lipinski definition) is 1. The van der Waals surface area contributed by atoms with Crippen molar-refractivity contribution in [3.05, 3.63) is 0 Å². The molecule has 0 heterocycles. The van der Waals surface area contributed by atoms with Crippen LogP contribution in [0.5, 0.6) is 0 Å². The molecule has 1 nitrogen and oxygen atoms in total. The minimum atomic E-state index is 0.225. The molecule has 2 unspecified atom stereocenters. The fraction of sp³-hybridized carbons (Fsp3) is 0.933. The van der Waals surface area contributed by atoms with Crippen LogP contribution in [0.2, 0.25) is 0 Å². The SMILES string of the molecule is CC(C)C(=O)CC[C@]1(C)C2C[C@@H]3[C@H](C2)C31C. The second-order valence-electron chi connectivity index (χ2n) is 7.20. The Labute approximate surface area is 99.0 Å². The average Bonchev–Trinajstić information content (AvgIpc) is 2.58. The van der Waals surface area contributed by atoms with Gasteiger partial charge in [-0.2, -0.15) is 0 Å². The fourth-order valence-electron chi connectivity index (χ4n) is 5.18. The number of Topliss-reactive ketones (excluding diaryl/α,β-unsaturated/α-hetero) is 1. The van der Waals surface area contributed by atoms with E-state index in [9.17, 15) is 4.79 Å². The van der Waals surface area contributed by atoms with Gasteiger partial charge in [0.15, 0.2) is 0 Å². The largest absolute Gasteiger partial charge is 0.299 e. The highest BCUT2D eigenvalue weighted by atomic mass is 16.1. The van der Waals surface area contributed by atoms with Crippen molar-refractivity contribution in [2.75, 3.05) is 0 Å². The van der Waals surface area contributed by atoms with E-state index in [1.54, 1.807) is 0 Å². The van der Waals surface area contributed by atoms with Gasteiger partial charge in [0, 0.05) is 12.3 Å². The molecule has 16 heavy (non-hydrogen) atoms. The van der Waals surface area contributed by atoms with Gasteiger partial charge < -0.3 is 0 Å². The minimum Gasteiger partial charge on any atom is -0.299 e. The predicted molar refractivity (Wildman–Crippen MR) is 65.0 cm³/mol. The zero-order valence-electron chi connectivity index (χ0n) is 11.0. The second kappa shape index (κ2) is 2.91. The lowest BCUT2D eigenvalue weighted by Crippen LogP contribution is -2.28. The maximum Gasteiger partial charge on any atom is 0.135 e. The van der Waals surface area contributed by atoms with Gasteiger partial charge in [0.1, 0.15) is 5.78 Å². The summed E-state index contributed by atoms with van der Waals surface area (Å²) in [5.74, 6) is 3.68. The molecule has 0 aromatic carbocycles. The van der Waals surface area contributed by atoms with Crippen molar-refractivity contribution >= 4 is 5.78 Å². The summed E-state index contributed by atoms with van der Waals surface area (Å²) in [5, 5.41) is 0. The Hall–Kier alpha value is -0.330. The Morgan fingerprint density at radius 2 is 1.81 bits per heavy atom. The molecule has 0 amide bonds. The highest BCUT2D eigenvalue weighted by molar-refractivity contribution is 5.80. The number of carbonyl (C=O) groups excluding carboxylic acids is 1. The molecule has 0 spiro atoms. The summed E-state index contributed by atoms with van der Waals surface area (Å²) in [7, 11) is 0. The van der Waals surface area contributed by atoms with E-state index in [-0.39, 0.29) is 5.92 Å². The summed E-state index contributed by atoms with van der Waals surface area (Å²) in [6, 6.07) is 0. The molecule has 4 aliphatic carbocycles. The van der Waals surface area contributed by atoms with Crippen molar-refractivity contribution < 1.29 is 4.79 Å². The zero-order chi connectivity index (χ0) is 11.7. The third-order valence-corrected chi connectivity index (χ3v) is 6.66. The van der Waals surface area contributed by atoms with Gasteiger partial charge >= 0.3 is 0 Å². The van der Waals surface area contributed by atoms with Crippen molar-refractivity contribution in [1.29, 1.82) is 0 Å². The van der Waals surface area contributed by atoms with Crippen LogP contribution in [0.4, 0.5) is 0 Å². The van der Waals surface area contributed by atoms with Crippen molar-refractivity contribution in [1.82, 2.24) is 0 Å². The highest BCUT2D eigenvalue weighted by Crippen LogP contribution is 2.87. The summed E-state index contributed by atoms with van der Waals surface area (Å²) in [6.45, 7) is 9.02. The first kappa shape index (κ1) is 10.8. The quantitative estimate of drug-likeness (QED) is 0.706. The third-order valence-electron chi connectivity index (χ3n) is 6.66. The monoisotopic (exact) mass is 220 g/mol. The number of hydrogen-bond donors (Lipinski definition) is 0. The second-order valence-corrected chi connectivity index (χ2v) is 7.20. The van der Waals surface area contributed by atoms with Crippen LogP contribution in [-0.2, 0) is 4.79 Å². The van der Waals surface area contributed by atoms with Gasteiger partial charge in [-0.05, 0) is 47.8 Å². The Morgan fingerprint density at radius 3 is 2.19 bits per heavy atom. The first-order valence-corrected chi connectivity index (χ1v) is 6.94. The van der Waals surface area contributed by atoms with Gasteiger partial charge in [-0.3, -0.25) is 4.79 Å². The molecule has 90 valence electrons. The third kappa shape index (κ3) is 1.01. The van der Waals surface area contributed by atoms with E-state index < -0.39 is 0 Å². The van der Waals surface area contributed by atoms with Crippen molar-refractivity contribution in [2.45, 2.75) is 53.4 Å². The van der Waals surface area contributed by atoms with E-state index in [0.717, 1.165) is 30.6 Å². The van der Waals surface area contributed by atoms with E-state index >= 15 is 0 Å². The summed E-state index contributed by atoms with van der Waals surface area (Å²) in [5.41, 5.74) is 1.11. The molecule has 0 aromatic rings. The summed E-state index contributed by atoms with van der Waals surface area (Å²) in [4.78, 5) is 11.8. The number of ketones is 1. The normalized spacial score (nSPS) is 52.4. The van der Waals surface area contributed by atoms with E-state index in [0.29, 0.717) is 16.6 Å². The molecule has 4 fully saturated rings. The maximum atomic E-state index is 11.8. The Bertz CT molecular complexity index is 331. The van der Waals surface area contributed by atoms with Crippen LogP contribution < -0.4 is 0 Å². The molecule has 4 rings (SSSR count). The molecular formula is C15H24O. The van der Waals surface area contributed by atoms with Crippen LogP contribution in [0.15, 0.2) is 0 Å². The number of carbonyl (C=O) groups is 1. The summed E-state index contributed by atoms with van der Waals surface area (Å²) >= 11 is 0. The average molecular weight is 220 g/mol. The molecule has 4 bridgehead atoms. The summed E-state index contributed by atoms with van der Waals surface area (Å²) in [6.07, 6.45) is 4.90. The Balaban J connectivity index is 1.70. The van der Waals surface area contributed by atoms with Gasteiger partial charge in [-0.15, -0.1) is 0 Å². The van der Waals surface area contributed by atoms with Gasteiger partial charge in [-0.1, -0.05) is 27.7 Å². The summed E-state index contributed by atoms with van der Waals surface area (Å²) < 4.78 is 0. The van der Waals surface area contributed by atoms with Crippen molar-refractivity contribution in [3.63, 3.8) is 0 Å². The zero-order valence-corrected chi connectivity index (χ0v) is 11.0. The lowest BCUT2D eigenvalue weighted by Gasteiger charge is -2.34. The van der Waals surface area contributed by atoms with E-state index in [4.69, 9.17) is 0 Å². The highest BCUT2D eigenvalue weighted by Gasteiger charge is 2.80. The number of rotatable bonds is 4. The lowest BCUT2D eigenvalue weighted by atomic mass is 9.70. The first-order valence-electron chi connectivity index (χ1n) is 6.94. The minimum absolute atomic E-state index is 0.225. The first-order chi connectivity index (χ1) is 7.41. The molecule has 5 atom stereocenters. The Morgan fingerprint density at radius 1 is 1.25 bits per heavy atom. The van der Waals surface area contributed by atoms with E-state index in [1.807, 2.05) is 13.8 Å². The lowest BCUT2D eigenvalue weighted by molar-refractivity contribution is -0.122. The van der Waals surface area contributed by atoms with Crippen LogP contribution >= 0.6 is 0 Å². The molecule has 4 aliphatic rings. The molecule has 4 saturated carbocycles. The van der Waals surface area contributed by atoms with Gasteiger partial charge in [0.25, 0.3) is 0 Å². The van der Waals surface area contributed by atoms with Crippen molar-refractivity contribution in [2.24, 2.45) is 34.5 Å². The van der Waals surface area contributed by atoms with Crippen LogP contribution in [0.1, 0.15) is 53.4 Å². The predicted octanol–water partition coefficient (Wildman–Crippen LogP) is 3.67. The van der Waals surface area contributed by atoms with Gasteiger partial charge in [-0.25, -0.2) is 0 Å².